The Hall–Kier alpha value is -3.25. The molecule has 4 nitrogen and oxygen atoms in total. The van der Waals surface area contributed by atoms with Gasteiger partial charge < -0.3 is 4.90 Å². The molecule has 6 heteroatoms. The Morgan fingerprint density at radius 1 is 0.897 bits per heavy atom. The number of carbonyl (C=O) groups is 1. The summed E-state index contributed by atoms with van der Waals surface area (Å²) in [6.45, 7) is 3.90. The zero-order valence-electron chi connectivity index (χ0n) is 15.9. The molecule has 29 heavy (non-hydrogen) atoms. The summed E-state index contributed by atoms with van der Waals surface area (Å²) in [5, 5.41) is 0. The number of rotatable bonds is 3. The van der Waals surface area contributed by atoms with Gasteiger partial charge in [-0.3, -0.25) is 4.79 Å². The Labute approximate surface area is 168 Å². The molecule has 0 aromatic heterocycles. The molecule has 0 radical (unpaired) electrons. The molecule has 0 saturated carbocycles. The van der Waals surface area contributed by atoms with Gasteiger partial charge in [0, 0.05) is 17.5 Å². The Kier molecular flexibility index (Phi) is 4.59. The number of aryl methyl sites for hydroxylation is 2. The van der Waals surface area contributed by atoms with E-state index in [4.69, 9.17) is 0 Å². The molecule has 0 amide bonds. The van der Waals surface area contributed by atoms with Crippen molar-refractivity contribution in [2.45, 2.75) is 18.7 Å². The minimum absolute atomic E-state index is 0.0982. The van der Waals surface area contributed by atoms with Gasteiger partial charge in [0.05, 0.1) is 10.6 Å². The lowest BCUT2D eigenvalue weighted by Crippen LogP contribution is -2.26. The maximum Gasteiger partial charge on any atom is 0.214 e. The van der Waals surface area contributed by atoms with Gasteiger partial charge in [0.25, 0.3) is 0 Å². The highest BCUT2D eigenvalue weighted by molar-refractivity contribution is 7.96. The maximum absolute atomic E-state index is 14.0. The van der Waals surface area contributed by atoms with Crippen molar-refractivity contribution in [1.82, 2.24) is 0 Å². The average Bonchev–Trinajstić information content (AvgIpc) is 2.70. The van der Waals surface area contributed by atoms with Crippen LogP contribution in [0.5, 0.6) is 0 Å². The Morgan fingerprint density at radius 3 is 2.31 bits per heavy atom. The summed E-state index contributed by atoms with van der Waals surface area (Å²) < 4.78 is 40.4. The quantitative estimate of drug-likeness (QED) is 0.448. The third-order valence-electron chi connectivity index (χ3n) is 5.03. The number of fused-ring (bicyclic) bond motifs is 1. The Balaban J connectivity index is 1.96. The molecule has 146 valence electrons. The van der Waals surface area contributed by atoms with E-state index in [0.717, 1.165) is 17.2 Å². The minimum atomic E-state index is -4.10. The molecule has 0 atom stereocenters. The third-order valence-corrected chi connectivity index (χ3v) is 6.83. The van der Waals surface area contributed by atoms with Crippen molar-refractivity contribution in [3.63, 3.8) is 0 Å². The van der Waals surface area contributed by atoms with Gasteiger partial charge in [-0.05, 0) is 55.3 Å². The second kappa shape index (κ2) is 6.97. The van der Waals surface area contributed by atoms with E-state index in [1.165, 1.54) is 18.3 Å². The van der Waals surface area contributed by atoms with E-state index in [2.05, 4.69) is 0 Å². The van der Waals surface area contributed by atoms with Gasteiger partial charge in [-0.1, -0.05) is 36.4 Å². The highest BCUT2D eigenvalue weighted by Crippen LogP contribution is 2.41. The Morgan fingerprint density at radius 2 is 1.62 bits per heavy atom. The fourth-order valence-electron chi connectivity index (χ4n) is 3.28. The number of hydrogen-bond donors (Lipinski definition) is 0. The molecule has 0 unspecified atom stereocenters. The first kappa shape index (κ1) is 19.1. The maximum atomic E-state index is 14.0. The van der Waals surface area contributed by atoms with E-state index < -0.39 is 21.4 Å². The van der Waals surface area contributed by atoms with Crippen LogP contribution in [0.3, 0.4) is 0 Å². The summed E-state index contributed by atoms with van der Waals surface area (Å²) in [4.78, 5) is 14.2. The molecule has 1 aliphatic heterocycles. The van der Waals surface area contributed by atoms with E-state index >= 15 is 0 Å². The molecule has 0 fully saturated rings. The van der Waals surface area contributed by atoms with Crippen molar-refractivity contribution in [1.29, 1.82) is 0 Å². The molecule has 3 aromatic rings. The first-order valence-corrected chi connectivity index (χ1v) is 10.5. The standard InChI is InChI=1S/C23H18FNO3S/c1-15-8-10-19(12-16(15)2)25-14-22(23(26)17-6-4-3-5-7-17)29(27,28)21-11-9-18(24)13-20(21)25/h3-14H,1-2H3. The molecule has 3 aromatic carbocycles. The van der Waals surface area contributed by atoms with Crippen LogP contribution < -0.4 is 4.90 Å². The normalized spacial score (nSPS) is 14.9. The van der Waals surface area contributed by atoms with Gasteiger partial charge >= 0.3 is 0 Å². The Bertz CT molecular complexity index is 1260. The number of benzene rings is 3. The summed E-state index contributed by atoms with van der Waals surface area (Å²) in [5.41, 5.74) is 3.17. The molecule has 0 N–H and O–H groups in total. The van der Waals surface area contributed by atoms with Crippen LogP contribution >= 0.6 is 0 Å². The van der Waals surface area contributed by atoms with Crippen LogP contribution in [0.25, 0.3) is 0 Å². The highest BCUT2D eigenvalue weighted by Gasteiger charge is 2.36. The monoisotopic (exact) mass is 407 g/mol. The fraction of sp³-hybridized carbons (Fsp3) is 0.0870. The summed E-state index contributed by atoms with van der Waals surface area (Å²) in [5.74, 6) is -1.16. The van der Waals surface area contributed by atoms with Crippen molar-refractivity contribution < 1.29 is 17.6 Å². The van der Waals surface area contributed by atoms with Gasteiger partial charge in [0.1, 0.15) is 10.7 Å². The minimum Gasteiger partial charge on any atom is -0.314 e. The number of halogens is 1. The van der Waals surface area contributed by atoms with Crippen LogP contribution in [-0.4, -0.2) is 14.2 Å². The smallest absolute Gasteiger partial charge is 0.214 e. The van der Waals surface area contributed by atoms with E-state index in [0.29, 0.717) is 5.69 Å². The number of ketones is 1. The van der Waals surface area contributed by atoms with Crippen LogP contribution in [0.2, 0.25) is 0 Å². The highest BCUT2D eigenvalue weighted by atomic mass is 32.2. The average molecular weight is 407 g/mol. The molecule has 1 heterocycles. The number of anilines is 2. The number of Topliss-reactive ketones (excluding diaryl/α,β-unsaturated/α-hetero) is 1. The topological polar surface area (TPSA) is 54.5 Å². The van der Waals surface area contributed by atoms with Gasteiger partial charge in [0.15, 0.2) is 0 Å². The van der Waals surface area contributed by atoms with Crippen molar-refractivity contribution in [3.8, 4) is 0 Å². The predicted octanol–water partition coefficient (Wildman–Crippen LogP) is 5.09. The first-order valence-electron chi connectivity index (χ1n) is 9.02. The zero-order chi connectivity index (χ0) is 20.8. The zero-order valence-corrected chi connectivity index (χ0v) is 16.7. The molecule has 1 aliphatic rings. The molecule has 0 saturated heterocycles. The number of sulfone groups is 1. The van der Waals surface area contributed by atoms with Crippen LogP contribution in [0.1, 0.15) is 21.5 Å². The lowest BCUT2D eigenvalue weighted by Gasteiger charge is -2.29. The van der Waals surface area contributed by atoms with E-state index in [9.17, 15) is 17.6 Å². The number of hydrogen-bond acceptors (Lipinski definition) is 4. The number of carbonyl (C=O) groups excluding carboxylic acids is 1. The van der Waals surface area contributed by atoms with E-state index in [-0.39, 0.29) is 21.1 Å². The second-order valence-corrected chi connectivity index (χ2v) is 8.83. The summed E-state index contributed by atoms with van der Waals surface area (Å²) in [6.07, 6.45) is 1.29. The molecular weight excluding hydrogens is 389 g/mol. The fourth-order valence-corrected chi connectivity index (χ4v) is 4.81. The summed E-state index contributed by atoms with van der Waals surface area (Å²) in [6, 6.07) is 17.3. The van der Waals surface area contributed by atoms with E-state index in [1.54, 1.807) is 35.2 Å². The second-order valence-electron chi connectivity index (χ2n) is 6.94. The largest absolute Gasteiger partial charge is 0.314 e. The van der Waals surface area contributed by atoms with Gasteiger partial charge in [0.2, 0.25) is 15.6 Å². The van der Waals surface area contributed by atoms with Crippen LogP contribution in [0.4, 0.5) is 15.8 Å². The lowest BCUT2D eigenvalue weighted by atomic mass is 10.1. The van der Waals surface area contributed by atoms with Crippen LogP contribution in [0, 0.1) is 19.7 Å². The number of allylic oxidation sites excluding steroid dienone is 1. The number of nitrogens with zero attached hydrogens (tertiary/aromatic N) is 1. The molecular formula is C23H18FNO3S. The van der Waals surface area contributed by atoms with E-state index in [1.807, 2.05) is 32.0 Å². The predicted molar refractivity (Wildman–Crippen MR) is 110 cm³/mol. The molecule has 0 bridgehead atoms. The summed E-state index contributed by atoms with van der Waals surface area (Å²) in [7, 11) is -4.10. The SMILES string of the molecule is Cc1ccc(N2C=C(C(=O)c3ccccc3)S(=O)(=O)c3ccc(F)cc32)cc1C. The van der Waals surface area contributed by atoms with Crippen molar-refractivity contribution in [2.24, 2.45) is 0 Å². The van der Waals surface area contributed by atoms with Gasteiger partial charge in [-0.25, -0.2) is 12.8 Å². The van der Waals surface area contributed by atoms with Crippen LogP contribution in [-0.2, 0) is 9.84 Å². The van der Waals surface area contributed by atoms with Crippen molar-refractivity contribution in [2.75, 3.05) is 4.90 Å². The van der Waals surface area contributed by atoms with Gasteiger partial charge in [-0.2, -0.15) is 0 Å². The third kappa shape index (κ3) is 3.25. The molecule has 0 aliphatic carbocycles. The molecule has 4 rings (SSSR count). The molecule has 0 spiro atoms. The van der Waals surface area contributed by atoms with Crippen LogP contribution in [0.15, 0.2) is 82.7 Å². The van der Waals surface area contributed by atoms with Gasteiger partial charge in [-0.15, -0.1) is 0 Å². The van der Waals surface area contributed by atoms with Crippen molar-refractivity contribution >= 4 is 27.0 Å². The van der Waals surface area contributed by atoms with Crippen molar-refractivity contribution in [3.05, 3.63) is 100 Å². The first-order chi connectivity index (χ1) is 13.8. The lowest BCUT2D eigenvalue weighted by molar-refractivity contribution is 0.104. The summed E-state index contributed by atoms with van der Waals surface area (Å²) >= 11 is 0.